The Bertz CT molecular complexity index is 557. The Hall–Kier alpha value is -1.71. The highest BCUT2D eigenvalue weighted by Crippen LogP contribution is 2.31. The number of carbonyl (C=O) groups excluding carboxylic acids is 1. The van der Waals surface area contributed by atoms with Crippen molar-refractivity contribution >= 4 is 5.91 Å². The zero-order chi connectivity index (χ0) is 17.6. The topological polar surface area (TPSA) is 38.8 Å². The zero-order valence-electron chi connectivity index (χ0n) is 15.6. The number of carbonyl (C=O) groups is 1. The molecule has 1 saturated carbocycles. The van der Waals surface area contributed by atoms with Crippen LogP contribution in [-0.2, 0) is 11.2 Å². The van der Waals surface area contributed by atoms with Crippen molar-refractivity contribution < 1.29 is 14.3 Å². The van der Waals surface area contributed by atoms with Crippen LogP contribution in [0.15, 0.2) is 18.2 Å². The van der Waals surface area contributed by atoms with Crippen molar-refractivity contribution in [1.29, 1.82) is 0 Å². The van der Waals surface area contributed by atoms with E-state index in [9.17, 15) is 4.79 Å². The summed E-state index contributed by atoms with van der Waals surface area (Å²) in [6, 6.07) is 6.39. The number of ether oxygens (including phenoxy) is 2. The molecule has 1 heterocycles. The van der Waals surface area contributed by atoms with Gasteiger partial charge in [0, 0.05) is 24.6 Å². The lowest BCUT2D eigenvalue weighted by molar-refractivity contribution is -0.133. The van der Waals surface area contributed by atoms with Gasteiger partial charge in [0.2, 0.25) is 5.91 Å². The number of benzene rings is 1. The third-order valence-electron chi connectivity index (χ3n) is 5.76. The van der Waals surface area contributed by atoms with Crippen LogP contribution < -0.4 is 9.47 Å². The van der Waals surface area contributed by atoms with E-state index in [1.54, 1.807) is 14.2 Å². The quantitative estimate of drug-likeness (QED) is 0.682. The van der Waals surface area contributed by atoms with Crippen LogP contribution in [0.2, 0.25) is 0 Å². The van der Waals surface area contributed by atoms with Crippen LogP contribution in [0.25, 0.3) is 0 Å². The molecule has 0 N–H and O–H groups in total. The molecule has 1 aliphatic carbocycles. The van der Waals surface area contributed by atoms with Crippen LogP contribution in [-0.4, -0.2) is 37.6 Å². The van der Waals surface area contributed by atoms with E-state index in [1.165, 1.54) is 44.9 Å². The van der Waals surface area contributed by atoms with Gasteiger partial charge in [-0.1, -0.05) is 47.0 Å². The molecule has 154 valence electrons. The molecule has 2 aliphatic rings. The monoisotopic (exact) mass is 377 g/mol. The molecule has 0 radical (unpaired) electrons. The largest absolute Gasteiger partial charge is 0.497 e. The van der Waals surface area contributed by atoms with E-state index in [1.807, 2.05) is 18.2 Å². The van der Waals surface area contributed by atoms with E-state index in [2.05, 4.69) is 4.90 Å². The standard InChI is InChI=1S/C21H31NO3.2CH4/c1-24-19-13-16(14-20(15-19)25-2)12-17-10-11-22(21(17)23)18-8-6-4-3-5-7-9-18;;/h13-15,17-18H,3-12H2,1-2H3;2*1H4. The molecule has 1 amide bonds. The van der Waals surface area contributed by atoms with Gasteiger partial charge in [0.25, 0.3) is 0 Å². The third-order valence-corrected chi connectivity index (χ3v) is 5.76. The van der Waals surface area contributed by atoms with Crippen LogP contribution in [0.4, 0.5) is 0 Å². The molecule has 4 heteroatoms. The molecule has 0 aromatic heterocycles. The van der Waals surface area contributed by atoms with Gasteiger partial charge in [-0.15, -0.1) is 0 Å². The minimum Gasteiger partial charge on any atom is -0.497 e. The first-order chi connectivity index (χ1) is 12.2. The van der Waals surface area contributed by atoms with Gasteiger partial charge in [-0.3, -0.25) is 4.79 Å². The fourth-order valence-corrected chi connectivity index (χ4v) is 4.33. The maximum Gasteiger partial charge on any atom is 0.226 e. The summed E-state index contributed by atoms with van der Waals surface area (Å²) in [7, 11) is 3.32. The number of rotatable bonds is 5. The molecule has 1 saturated heterocycles. The van der Waals surface area contributed by atoms with Crippen molar-refractivity contribution in [2.45, 2.75) is 78.7 Å². The predicted molar refractivity (Wildman–Crippen MR) is 113 cm³/mol. The van der Waals surface area contributed by atoms with Gasteiger partial charge in [-0.05, 0) is 43.4 Å². The first kappa shape index (κ1) is 23.3. The molecule has 0 spiro atoms. The number of likely N-dealkylation sites (tertiary alicyclic amines) is 1. The normalized spacial score (nSPS) is 20.9. The minimum absolute atomic E-state index is 0. The van der Waals surface area contributed by atoms with Crippen LogP contribution >= 0.6 is 0 Å². The average Bonchev–Trinajstić information content (AvgIpc) is 2.95. The summed E-state index contributed by atoms with van der Waals surface area (Å²) < 4.78 is 10.7. The van der Waals surface area contributed by atoms with Crippen molar-refractivity contribution in [1.82, 2.24) is 4.90 Å². The molecule has 2 fully saturated rings. The Balaban J connectivity index is 0.00000182. The molecular weight excluding hydrogens is 338 g/mol. The number of nitrogens with zero attached hydrogens (tertiary/aromatic N) is 1. The highest BCUT2D eigenvalue weighted by Gasteiger charge is 2.35. The maximum atomic E-state index is 13.0. The van der Waals surface area contributed by atoms with Gasteiger partial charge >= 0.3 is 0 Å². The Morgan fingerprint density at radius 2 is 1.44 bits per heavy atom. The maximum absolute atomic E-state index is 13.0. The van der Waals surface area contributed by atoms with E-state index in [0.717, 1.165) is 36.4 Å². The lowest BCUT2D eigenvalue weighted by atomic mass is 9.95. The first-order valence-corrected chi connectivity index (χ1v) is 9.73. The van der Waals surface area contributed by atoms with Gasteiger partial charge < -0.3 is 14.4 Å². The molecule has 4 nitrogen and oxygen atoms in total. The first-order valence-electron chi connectivity index (χ1n) is 9.73. The van der Waals surface area contributed by atoms with Crippen LogP contribution in [0.5, 0.6) is 11.5 Å². The van der Waals surface area contributed by atoms with Gasteiger partial charge in [0.15, 0.2) is 0 Å². The highest BCUT2D eigenvalue weighted by molar-refractivity contribution is 5.81. The minimum atomic E-state index is 0. The second-order valence-electron chi connectivity index (χ2n) is 7.44. The summed E-state index contributed by atoms with van der Waals surface area (Å²) >= 11 is 0. The van der Waals surface area contributed by atoms with Gasteiger partial charge in [0.05, 0.1) is 14.2 Å². The summed E-state index contributed by atoms with van der Waals surface area (Å²) in [5.74, 6) is 2.03. The van der Waals surface area contributed by atoms with Crippen LogP contribution in [0.1, 0.15) is 71.8 Å². The second-order valence-corrected chi connectivity index (χ2v) is 7.44. The summed E-state index contributed by atoms with van der Waals surface area (Å²) in [6.45, 7) is 0.926. The lowest BCUT2D eigenvalue weighted by Gasteiger charge is -2.30. The van der Waals surface area contributed by atoms with Gasteiger partial charge in [-0.25, -0.2) is 0 Å². The van der Waals surface area contributed by atoms with Crippen LogP contribution in [0, 0.1) is 5.92 Å². The van der Waals surface area contributed by atoms with Crippen LogP contribution in [0.3, 0.4) is 0 Å². The number of amides is 1. The molecule has 1 atom stereocenters. The molecule has 1 aliphatic heterocycles. The Kier molecular flexibility index (Phi) is 9.68. The number of methoxy groups -OCH3 is 2. The molecule has 0 bridgehead atoms. The smallest absolute Gasteiger partial charge is 0.226 e. The lowest BCUT2D eigenvalue weighted by Crippen LogP contribution is -2.38. The zero-order valence-corrected chi connectivity index (χ0v) is 15.6. The highest BCUT2D eigenvalue weighted by atomic mass is 16.5. The molecule has 3 rings (SSSR count). The molecule has 1 unspecified atom stereocenters. The SMILES string of the molecule is C.C.COc1cc(CC2CCN(C3CCCCCCC3)C2=O)cc(OC)c1. The molecule has 27 heavy (non-hydrogen) atoms. The van der Waals surface area contributed by atoms with Crippen molar-refractivity contribution in [2.24, 2.45) is 5.92 Å². The Labute approximate surface area is 166 Å². The summed E-state index contributed by atoms with van der Waals surface area (Å²) in [5, 5.41) is 0. The van der Waals surface area contributed by atoms with Gasteiger partial charge in [-0.2, -0.15) is 0 Å². The number of hydrogen-bond donors (Lipinski definition) is 0. The van der Waals surface area contributed by atoms with E-state index in [0.29, 0.717) is 11.9 Å². The van der Waals surface area contributed by atoms with E-state index in [-0.39, 0.29) is 20.8 Å². The Morgan fingerprint density at radius 1 is 0.889 bits per heavy atom. The summed E-state index contributed by atoms with van der Waals surface area (Å²) in [4.78, 5) is 15.2. The second kappa shape index (κ2) is 11.2. The van der Waals surface area contributed by atoms with E-state index >= 15 is 0 Å². The van der Waals surface area contributed by atoms with E-state index < -0.39 is 0 Å². The Morgan fingerprint density at radius 3 is 2.00 bits per heavy atom. The van der Waals surface area contributed by atoms with Gasteiger partial charge in [0.1, 0.15) is 11.5 Å². The van der Waals surface area contributed by atoms with E-state index in [4.69, 9.17) is 9.47 Å². The number of hydrogen-bond acceptors (Lipinski definition) is 3. The van der Waals surface area contributed by atoms with Crippen molar-refractivity contribution in [3.8, 4) is 11.5 Å². The fraction of sp³-hybridized carbons (Fsp3) is 0.696. The third kappa shape index (κ3) is 5.88. The summed E-state index contributed by atoms with van der Waals surface area (Å²) in [5.41, 5.74) is 1.12. The van der Waals surface area contributed by atoms with Crippen molar-refractivity contribution in [3.05, 3.63) is 23.8 Å². The van der Waals surface area contributed by atoms with Crippen molar-refractivity contribution in [3.63, 3.8) is 0 Å². The average molecular weight is 378 g/mol. The predicted octanol–water partition coefficient (Wildman–Crippen LogP) is 5.48. The molecular formula is C23H39NO3. The van der Waals surface area contributed by atoms with Crippen molar-refractivity contribution in [2.75, 3.05) is 20.8 Å². The molecule has 1 aromatic carbocycles. The summed E-state index contributed by atoms with van der Waals surface area (Å²) in [6.07, 6.45) is 10.7. The molecule has 1 aromatic rings. The fourth-order valence-electron chi connectivity index (χ4n) is 4.33.